The molecule has 1 amide bonds. The van der Waals surface area contributed by atoms with Crippen molar-refractivity contribution in [2.24, 2.45) is 0 Å². The predicted octanol–water partition coefficient (Wildman–Crippen LogP) is -0.0326. The molecule has 0 fully saturated rings. The zero-order valence-corrected chi connectivity index (χ0v) is 6.11. The number of aliphatic hydroxyl groups excluding tert-OH is 1. The zero-order chi connectivity index (χ0) is 8.43. The second-order valence-corrected chi connectivity index (χ2v) is 2.33. The molecule has 1 aliphatic rings. The molecule has 3 N–H and O–H groups in total. The summed E-state index contributed by atoms with van der Waals surface area (Å²) in [7, 11) is 1.67. The summed E-state index contributed by atoms with van der Waals surface area (Å²) in [6.45, 7) is 0.275. The van der Waals surface area contributed by atoms with Gasteiger partial charge in [-0.1, -0.05) is 0 Å². The molecular formula is C6H10N2O3. The Hall–Kier alpha value is -1.23. The number of likely N-dealkylation sites (N-methyl/N-ethyl adjacent to an activating group) is 1. The van der Waals surface area contributed by atoms with E-state index in [2.05, 4.69) is 5.32 Å². The van der Waals surface area contributed by atoms with Crippen LogP contribution in [-0.4, -0.2) is 40.8 Å². The molecule has 0 bridgehead atoms. The second kappa shape index (κ2) is 2.79. The predicted molar refractivity (Wildman–Crippen MR) is 38.3 cm³/mol. The van der Waals surface area contributed by atoms with Crippen molar-refractivity contribution < 1.29 is 15.0 Å². The molecular weight excluding hydrogens is 148 g/mol. The maximum absolute atomic E-state index is 10.4. The quantitative estimate of drug-likeness (QED) is 0.501. The third-order valence-corrected chi connectivity index (χ3v) is 1.62. The molecule has 0 saturated carbocycles. The number of carbonyl (C=O) groups is 1. The van der Waals surface area contributed by atoms with E-state index in [0.29, 0.717) is 0 Å². The molecule has 1 unspecified atom stereocenters. The Morgan fingerprint density at radius 1 is 1.91 bits per heavy atom. The maximum Gasteiger partial charge on any atom is 0.411 e. The smallest absolute Gasteiger partial charge is 0.411 e. The first-order valence-corrected chi connectivity index (χ1v) is 3.22. The molecule has 0 aliphatic carbocycles. The summed E-state index contributed by atoms with van der Waals surface area (Å²) in [5.74, 6) is 0.0647. The van der Waals surface area contributed by atoms with Crippen LogP contribution >= 0.6 is 0 Å². The van der Waals surface area contributed by atoms with Gasteiger partial charge in [0.2, 0.25) is 0 Å². The highest BCUT2D eigenvalue weighted by molar-refractivity contribution is 5.67. The van der Waals surface area contributed by atoms with Gasteiger partial charge in [-0.15, -0.1) is 0 Å². The number of nitrogens with zero attached hydrogens (tertiary/aromatic N) is 1. The average molecular weight is 158 g/mol. The molecule has 0 aromatic carbocycles. The largest absolute Gasteiger partial charge is 0.509 e. The summed E-state index contributed by atoms with van der Waals surface area (Å²) in [5, 5.41) is 20.4. The highest BCUT2D eigenvalue weighted by atomic mass is 16.4. The number of rotatable bonds is 1. The van der Waals surface area contributed by atoms with Crippen LogP contribution in [0, 0.1) is 0 Å². The van der Waals surface area contributed by atoms with E-state index in [1.165, 1.54) is 6.20 Å². The van der Waals surface area contributed by atoms with E-state index in [0.717, 1.165) is 4.90 Å². The van der Waals surface area contributed by atoms with Crippen LogP contribution in [0.4, 0.5) is 4.79 Å². The first kappa shape index (κ1) is 7.87. The SMILES string of the molecule is CNC1CN(C(=O)O)C=C1O. The Balaban J connectivity index is 2.63. The summed E-state index contributed by atoms with van der Waals surface area (Å²) in [5.41, 5.74) is 0. The second-order valence-electron chi connectivity index (χ2n) is 2.33. The molecule has 0 spiro atoms. The molecule has 1 aliphatic heterocycles. The van der Waals surface area contributed by atoms with Gasteiger partial charge in [0, 0.05) is 6.20 Å². The van der Waals surface area contributed by atoms with Crippen LogP contribution in [0.5, 0.6) is 0 Å². The molecule has 0 saturated heterocycles. The van der Waals surface area contributed by atoms with Crippen molar-refractivity contribution in [2.75, 3.05) is 13.6 Å². The molecule has 1 atom stereocenters. The Labute approximate surface area is 63.9 Å². The van der Waals surface area contributed by atoms with Gasteiger partial charge in [0.15, 0.2) is 0 Å². The van der Waals surface area contributed by atoms with Gasteiger partial charge in [-0.2, -0.15) is 0 Å². The van der Waals surface area contributed by atoms with E-state index in [1.54, 1.807) is 7.05 Å². The topological polar surface area (TPSA) is 72.8 Å². The van der Waals surface area contributed by atoms with Gasteiger partial charge >= 0.3 is 6.09 Å². The van der Waals surface area contributed by atoms with Crippen LogP contribution in [-0.2, 0) is 0 Å². The van der Waals surface area contributed by atoms with Crippen molar-refractivity contribution in [1.29, 1.82) is 0 Å². The molecule has 0 aromatic rings. The van der Waals surface area contributed by atoms with Crippen LogP contribution in [0.1, 0.15) is 0 Å². The van der Waals surface area contributed by atoms with Crippen LogP contribution in [0.2, 0.25) is 0 Å². The minimum absolute atomic E-state index is 0.0647. The number of hydrogen-bond acceptors (Lipinski definition) is 3. The molecule has 1 heterocycles. The molecule has 0 aromatic heterocycles. The van der Waals surface area contributed by atoms with Gasteiger partial charge in [-0.05, 0) is 7.05 Å². The first-order valence-electron chi connectivity index (χ1n) is 3.22. The molecule has 5 nitrogen and oxygen atoms in total. The van der Waals surface area contributed by atoms with E-state index in [-0.39, 0.29) is 18.3 Å². The summed E-state index contributed by atoms with van der Waals surface area (Å²) < 4.78 is 0. The zero-order valence-electron chi connectivity index (χ0n) is 6.11. The van der Waals surface area contributed by atoms with Crippen LogP contribution in [0.15, 0.2) is 12.0 Å². The van der Waals surface area contributed by atoms with Gasteiger partial charge in [-0.3, -0.25) is 4.90 Å². The van der Waals surface area contributed by atoms with Crippen LogP contribution in [0.25, 0.3) is 0 Å². The van der Waals surface area contributed by atoms with Gasteiger partial charge in [0.1, 0.15) is 5.76 Å². The van der Waals surface area contributed by atoms with Crippen molar-refractivity contribution in [2.45, 2.75) is 6.04 Å². The Morgan fingerprint density at radius 3 is 2.82 bits per heavy atom. The maximum atomic E-state index is 10.4. The minimum Gasteiger partial charge on any atom is -0.509 e. The standard InChI is InChI=1S/C6H10N2O3/c1-7-4-2-8(6(10)11)3-5(4)9/h3-4,7,9H,2H2,1H3,(H,10,11). The fourth-order valence-electron chi connectivity index (χ4n) is 0.965. The molecule has 5 heteroatoms. The van der Waals surface area contributed by atoms with E-state index >= 15 is 0 Å². The monoisotopic (exact) mass is 158 g/mol. The molecule has 11 heavy (non-hydrogen) atoms. The lowest BCUT2D eigenvalue weighted by Gasteiger charge is -2.10. The van der Waals surface area contributed by atoms with E-state index < -0.39 is 6.09 Å². The third-order valence-electron chi connectivity index (χ3n) is 1.62. The van der Waals surface area contributed by atoms with Gasteiger partial charge < -0.3 is 15.5 Å². The number of nitrogens with one attached hydrogen (secondary N) is 1. The fourth-order valence-corrected chi connectivity index (χ4v) is 0.965. The normalized spacial score (nSPS) is 23.5. The highest BCUT2D eigenvalue weighted by Crippen LogP contribution is 2.11. The van der Waals surface area contributed by atoms with Crippen molar-refractivity contribution >= 4 is 6.09 Å². The summed E-state index contributed by atoms with van der Waals surface area (Å²) in [4.78, 5) is 11.4. The third kappa shape index (κ3) is 1.43. The highest BCUT2D eigenvalue weighted by Gasteiger charge is 2.25. The lowest BCUT2D eigenvalue weighted by Crippen LogP contribution is -2.34. The van der Waals surface area contributed by atoms with Crippen molar-refractivity contribution in [1.82, 2.24) is 10.2 Å². The van der Waals surface area contributed by atoms with Gasteiger partial charge in [0.05, 0.1) is 12.6 Å². The van der Waals surface area contributed by atoms with Crippen molar-refractivity contribution in [3.63, 3.8) is 0 Å². The minimum atomic E-state index is -1.05. The lowest BCUT2D eigenvalue weighted by molar-refractivity contribution is 0.164. The van der Waals surface area contributed by atoms with E-state index in [1.807, 2.05) is 0 Å². The van der Waals surface area contributed by atoms with E-state index in [9.17, 15) is 4.79 Å². The number of aliphatic hydroxyl groups is 1. The van der Waals surface area contributed by atoms with Gasteiger partial charge in [0.25, 0.3) is 0 Å². The lowest BCUT2D eigenvalue weighted by atomic mass is 10.3. The number of hydrogen-bond donors (Lipinski definition) is 3. The van der Waals surface area contributed by atoms with Gasteiger partial charge in [-0.25, -0.2) is 4.79 Å². The summed E-state index contributed by atoms with van der Waals surface area (Å²) >= 11 is 0. The molecule has 62 valence electrons. The number of carboxylic acid groups (broad SMARTS) is 1. The van der Waals surface area contributed by atoms with Crippen LogP contribution in [0.3, 0.4) is 0 Å². The Bertz CT molecular complexity index is 202. The van der Waals surface area contributed by atoms with Crippen LogP contribution < -0.4 is 5.32 Å². The van der Waals surface area contributed by atoms with Crippen molar-refractivity contribution in [3.05, 3.63) is 12.0 Å². The number of amides is 1. The molecule has 1 rings (SSSR count). The molecule has 0 radical (unpaired) electrons. The van der Waals surface area contributed by atoms with Crippen molar-refractivity contribution in [3.8, 4) is 0 Å². The Kier molecular flexibility index (Phi) is 2.00. The van der Waals surface area contributed by atoms with E-state index in [4.69, 9.17) is 10.2 Å². The average Bonchev–Trinajstić information content (AvgIpc) is 2.31. The first-order chi connectivity index (χ1) is 5.15. The summed E-state index contributed by atoms with van der Waals surface area (Å²) in [6.07, 6.45) is 0.165. The fraction of sp³-hybridized carbons (Fsp3) is 0.500. The Morgan fingerprint density at radius 2 is 2.55 bits per heavy atom. The summed E-state index contributed by atoms with van der Waals surface area (Å²) in [6, 6.07) is -0.258.